The molecule has 0 aromatic heterocycles. The fourth-order valence-electron chi connectivity index (χ4n) is 1.70. The Hall–Kier alpha value is -2.01. The SMILES string of the molecule is COc1ccc(OCC(=O)Nc2ccc(C)cc2)c(Br)c1. The van der Waals surface area contributed by atoms with Crippen molar-refractivity contribution in [3.8, 4) is 11.5 Å². The highest BCUT2D eigenvalue weighted by molar-refractivity contribution is 9.10. The van der Waals surface area contributed by atoms with Gasteiger partial charge >= 0.3 is 0 Å². The Labute approximate surface area is 132 Å². The van der Waals surface area contributed by atoms with Crippen LogP contribution in [0.1, 0.15) is 5.56 Å². The normalized spacial score (nSPS) is 10.0. The van der Waals surface area contributed by atoms with Gasteiger partial charge in [0.25, 0.3) is 5.91 Å². The highest BCUT2D eigenvalue weighted by Crippen LogP contribution is 2.29. The second-order valence-electron chi connectivity index (χ2n) is 4.50. The summed E-state index contributed by atoms with van der Waals surface area (Å²) in [6.07, 6.45) is 0. The van der Waals surface area contributed by atoms with Crippen LogP contribution in [0.25, 0.3) is 0 Å². The van der Waals surface area contributed by atoms with E-state index >= 15 is 0 Å². The van der Waals surface area contributed by atoms with Crippen molar-refractivity contribution < 1.29 is 14.3 Å². The van der Waals surface area contributed by atoms with Gasteiger partial charge in [-0.2, -0.15) is 0 Å². The van der Waals surface area contributed by atoms with Gasteiger partial charge in [0.05, 0.1) is 11.6 Å². The number of aryl methyl sites for hydroxylation is 1. The maximum absolute atomic E-state index is 11.8. The van der Waals surface area contributed by atoms with Gasteiger partial charge in [-0.3, -0.25) is 4.79 Å². The van der Waals surface area contributed by atoms with Crippen molar-refractivity contribution in [2.45, 2.75) is 6.92 Å². The average molecular weight is 350 g/mol. The van der Waals surface area contributed by atoms with E-state index in [1.165, 1.54) is 0 Å². The van der Waals surface area contributed by atoms with Gasteiger partial charge < -0.3 is 14.8 Å². The molecule has 21 heavy (non-hydrogen) atoms. The second kappa shape index (κ2) is 7.13. The quantitative estimate of drug-likeness (QED) is 0.893. The van der Waals surface area contributed by atoms with Crippen LogP contribution in [0.2, 0.25) is 0 Å². The highest BCUT2D eigenvalue weighted by atomic mass is 79.9. The summed E-state index contributed by atoms with van der Waals surface area (Å²) in [5, 5.41) is 2.78. The Morgan fingerprint density at radius 1 is 1.19 bits per heavy atom. The van der Waals surface area contributed by atoms with Gasteiger partial charge in [0.2, 0.25) is 0 Å². The molecular weight excluding hydrogens is 334 g/mol. The van der Waals surface area contributed by atoms with Crippen molar-refractivity contribution in [3.05, 3.63) is 52.5 Å². The Morgan fingerprint density at radius 2 is 1.90 bits per heavy atom. The van der Waals surface area contributed by atoms with Crippen molar-refractivity contribution in [1.29, 1.82) is 0 Å². The van der Waals surface area contributed by atoms with E-state index in [0.29, 0.717) is 5.75 Å². The minimum atomic E-state index is -0.207. The number of halogens is 1. The first-order chi connectivity index (χ1) is 10.1. The maximum atomic E-state index is 11.8. The third-order valence-corrected chi connectivity index (χ3v) is 3.45. The van der Waals surface area contributed by atoms with Crippen LogP contribution in [0.4, 0.5) is 5.69 Å². The molecule has 0 saturated heterocycles. The summed E-state index contributed by atoms with van der Waals surface area (Å²) in [7, 11) is 1.59. The Balaban J connectivity index is 1.90. The van der Waals surface area contributed by atoms with Crippen LogP contribution in [0.5, 0.6) is 11.5 Å². The zero-order chi connectivity index (χ0) is 15.2. The average Bonchev–Trinajstić information content (AvgIpc) is 2.48. The van der Waals surface area contributed by atoms with Gasteiger partial charge in [0, 0.05) is 5.69 Å². The molecule has 0 fully saturated rings. The fourth-order valence-corrected chi connectivity index (χ4v) is 2.18. The van der Waals surface area contributed by atoms with Crippen LogP contribution in [-0.2, 0) is 4.79 Å². The number of rotatable bonds is 5. The number of anilines is 1. The van der Waals surface area contributed by atoms with E-state index in [4.69, 9.17) is 9.47 Å². The van der Waals surface area contributed by atoms with Crippen LogP contribution >= 0.6 is 15.9 Å². The fraction of sp³-hybridized carbons (Fsp3) is 0.188. The largest absolute Gasteiger partial charge is 0.497 e. The number of methoxy groups -OCH3 is 1. The summed E-state index contributed by atoms with van der Waals surface area (Å²) in [5.74, 6) is 1.11. The lowest BCUT2D eigenvalue weighted by atomic mass is 10.2. The molecule has 0 bridgehead atoms. The molecule has 0 heterocycles. The van der Waals surface area contributed by atoms with Gasteiger partial charge in [0.15, 0.2) is 6.61 Å². The molecule has 0 aliphatic heterocycles. The molecule has 1 amide bonds. The molecule has 0 unspecified atom stereocenters. The van der Waals surface area contributed by atoms with E-state index in [1.54, 1.807) is 25.3 Å². The molecule has 0 aliphatic rings. The predicted octanol–water partition coefficient (Wildman–Crippen LogP) is 3.78. The maximum Gasteiger partial charge on any atom is 0.262 e. The molecule has 2 rings (SSSR count). The number of benzene rings is 2. The summed E-state index contributed by atoms with van der Waals surface area (Å²) < 4.78 is 11.3. The Morgan fingerprint density at radius 3 is 2.52 bits per heavy atom. The summed E-state index contributed by atoms with van der Waals surface area (Å²) >= 11 is 3.38. The van der Waals surface area contributed by atoms with Crippen molar-refractivity contribution in [3.63, 3.8) is 0 Å². The lowest BCUT2D eigenvalue weighted by Gasteiger charge is -2.10. The van der Waals surface area contributed by atoms with Crippen LogP contribution in [0, 0.1) is 6.92 Å². The van der Waals surface area contributed by atoms with Crippen molar-refractivity contribution in [2.24, 2.45) is 0 Å². The molecule has 2 aromatic rings. The first-order valence-corrected chi connectivity index (χ1v) is 7.20. The van der Waals surface area contributed by atoms with E-state index in [0.717, 1.165) is 21.5 Å². The number of carbonyl (C=O) groups is 1. The van der Waals surface area contributed by atoms with Gasteiger partial charge in [0.1, 0.15) is 11.5 Å². The molecule has 2 aromatic carbocycles. The first-order valence-electron chi connectivity index (χ1n) is 6.41. The monoisotopic (exact) mass is 349 g/mol. The van der Waals surface area contributed by atoms with E-state index in [2.05, 4.69) is 21.2 Å². The molecule has 4 nitrogen and oxygen atoms in total. The van der Waals surface area contributed by atoms with Gasteiger partial charge in [-0.05, 0) is 53.2 Å². The molecule has 0 radical (unpaired) electrons. The number of amides is 1. The first kappa shape index (κ1) is 15.4. The number of nitrogens with one attached hydrogen (secondary N) is 1. The van der Waals surface area contributed by atoms with Crippen molar-refractivity contribution in [1.82, 2.24) is 0 Å². The third kappa shape index (κ3) is 4.49. The second-order valence-corrected chi connectivity index (χ2v) is 5.35. The third-order valence-electron chi connectivity index (χ3n) is 2.83. The zero-order valence-electron chi connectivity index (χ0n) is 11.9. The summed E-state index contributed by atoms with van der Waals surface area (Å²) in [6.45, 7) is 1.94. The topological polar surface area (TPSA) is 47.6 Å². The van der Waals surface area contributed by atoms with Gasteiger partial charge in [-0.25, -0.2) is 0 Å². The molecule has 0 spiro atoms. The minimum absolute atomic E-state index is 0.0567. The molecule has 0 saturated carbocycles. The number of ether oxygens (including phenoxy) is 2. The van der Waals surface area contributed by atoms with Gasteiger partial charge in [-0.1, -0.05) is 17.7 Å². The van der Waals surface area contributed by atoms with Crippen LogP contribution in [0.15, 0.2) is 46.9 Å². The lowest BCUT2D eigenvalue weighted by molar-refractivity contribution is -0.118. The number of carbonyl (C=O) groups excluding carboxylic acids is 1. The zero-order valence-corrected chi connectivity index (χ0v) is 13.4. The molecule has 0 aliphatic carbocycles. The smallest absolute Gasteiger partial charge is 0.262 e. The van der Waals surface area contributed by atoms with Gasteiger partial charge in [-0.15, -0.1) is 0 Å². The van der Waals surface area contributed by atoms with Crippen molar-refractivity contribution in [2.75, 3.05) is 19.0 Å². The van der Waals surface area contributed by atoms with E-state index in [9.17, 15) is 4.79 Å². The Kier molecular flexibility index (Phi) is 5.22. The van der Waals surface area contributed by atoms with E-state index in [-0.39, 0.29) is 12.5 Å². The van der Waals surface area contributed by atoms with Crippen LogP contribution in [-0.4, -0.2) is 19.6 Å². The molecule has 1 N–H and O–H groups in total. The summed E-state index contributed by atoms with van der Waals surface area (Å²) in [5.41, 5.74) is 1.90. The van der Waals surface area contributed by atoms with Crippen LogP contribution in [0.3, 0.4) is 0 Å². The number of hydrogen-bond acceptors (Lipinski definition) is 3. The van der Waals surface area contributed by atoms with Crippen LogP contribution < -0.4 is 14.8 Å². The van der Waals surface area contributed by atoms with E-state index < -0.39 is 0 Å². The van der Waals surface area contributed by atoms with Crippen molar-refractivity contribution >= 4 is 27.5 Å². The summed E-state index contributed by atoms with van der Waals surface area (Å²) in [6, 6.07) is 12.9. The van der Waals surface area contributed by atoms with E-state index in [1.807, 2.05) is 31.2 Å². The number of hydrogen-bond donors (Lipinski definition) is 1. The standard InChI is InChI=1S/C16H16BrNO3/c1-11-3-5-12(6-4-11)18-16(19)10-21-15-8-7-13(20-2)9-14(15)17/h3-9H,10H2,1-2H3,(H,18,19). The predicted molar refractivity (Wildman–Crippen MR) is 86.0 cm³/mol. The highest BCUT2D eigenvalue weighted by Gasteiger charge is 2.07. The molecule has 0 atom stereocenters. The molecular formula is C16H16BrNO3. The minimum Gasteiger partial charge on any atom is -0.497 e. The Bertz CT molecular complexity index is 626. The molecule has 110 valence electrons. The summed E-state index contributed by atoms with van der Waals surface area (Å²) in [4.78, 5) is 11.8. The molecule has 5 heteroatoms. The lowest BCUT2D eigenvalue weighted by Crippen LogP contribution is -2.20.